The average molecular weight is 368 g/mol. The summed E-state index contributed by atoms with van der Waals surface area (Å²) in [6.07, 6.45) is 2.01. The van der Waals surface area contributed by atoms with E-state index in [0.29, 0.717) is 5.58 Å². The normalized spacial score (nSPS) is 17.9. The molecule has 142 valence electrons. The molecule has 0 saturated carbocycles. The number of fused-ring (bicyclic) bond motifs is 1. The summed E-state index contributed by atoms with van der Waals surface area (Å²) in [5, 5.41) is 0. The summed E-state index contributed by atoms with van der Waals surface area (Å²) >= 11 is 0. The molecule has 27 heavy (non-hydrogen) atoms. The van der Waals surface area contributed by atoms with E-state index in [1.807, 2.05) is 47.0 Å². The first kappa shape index (κ1) is 17.7. The number of piperidine rings is 1. The zero-order chi connectivity index (χ0) is 18.8. The van der Waals surface area contributed by atoms with Crippen LogP contribution in [0.2, 0.25) is 0 Å². The van der Waals surface area contributed by atoms with Crippen LogP contribution in [-0.4, -0.2) is 36.8 Å². The Bertz CT molecular complexity index is 969. The van der Waals surface area contributed by atoms with E-state index >= 15 is 0 Å². The summed E-state index contributed by atoms with van der Waals surface area (Å²) in [5.41, 5.74) is 2.66. The smallest absolute Gasteiger partial charge is 0.420 e. The van der Waals surface area contributed by atoms with Gasteiger partial charge in [0, 0.05) is 19.2 Å². The van der Waals surface area contributed by atoms with Gasteiger partial charge in [-0.25, -0.2) is 4.79 Å². The summed E-state index contributed by atoms with van der Waals surface area (Å²) in [4.78, 5) is 14.8. The minimum Gasteiger partial charge on any atom is -0.497 e. The van der Waals surface area contributed by atoms with Crippen LogP contribution < -0.4 is 15.2 Å². The van der Waals surface area contributed by atoms with Gasteiger partial charge in [0.05, 0.1) is 25.8 Å². The maximum atomic E-state index is 12.4. The van der Waals surface area contributed by atoms with Crippen molar-refractivity contribution < 1.29 is 13.9 Å². The predicted octanol–water partition coefficient (Wildman–Crippen LogP) is 3.45. The minimum absolute atomic E-state index is 0.113. The molecule has 2 aromatic carbocycles. The molecule has 1 fully saturated rings. The van der Waals surface area contributed by atoms with E-state index in [9.17, 15) is 4.79 Å². The second-order valence-corrected chi connectivity index (χ2v) is 6.96. The molecule has 4 rings (SSSR count). The molecule has 0 N–H and O–H groups in total. The summed E-state index contributed by atoms with van der Waals surface area (Å²) in [6.45, 7) is 2.60. The van der Waals surface area contributed by atoms with E-state index < -0.39 is 0 Å². The number of ether oxygens (including phenoxy) is 2. The highest BCUT2D eigenvalue weighted by Gasteiger charge is 2.25. The molecule has 2 heterocycles. The lowest BCUT2D eigenvalue weighted by Crippen LogP contribution is -2.38. The van der Waals surface area contributed by atoms with Crippen molar-refractivity contribution in [2.45, 2.75) is 25.4 Å². The number of rotatable bonds is 5. The van der Waals surface area contributed by atoms with Crippen LogP contribution in [-0.2, 0) is 6.54 Å². The first-order chi connectivity index (χ1) is 13.2. The lowest BCUT2D eigenvalue weighted by Gasteiger charge is -2.33. The molecule has 1 saturated heterocycles. The second kappa shape index (κ2) is 7.48. The SMILES string of the molecule is COc1cc(CN2CCC[C@@H](n3c(=O)oc4ccccc43)C2)cc(OC)c1. The molecule has 0 radical (unpaired) electrons. The van der Waals surface area contributed by atoms with Crippen LogP contribution in [0.3, 0.4) is 0 Å². The van der Waals surface area contributed by atoms with Gasteiger partial charge in [0.1, 0.15) is 11.5 Å². The van der Waals surface area contributed by atoms with Crippen LogP contribution in [0, 0.1) is 0 Å². The molecule has 6 nitrogen and oxygen atoms in total. The number of aromatic nitrogens is 1. The second-order valence-electron chi connectivity index (χ2n) is 6.96. The molecular weight excluding hydrogens is 344 g/mol. The van der Waals surface area contributed by atoms with Crippen molar-refractivity contribution in [3.05, 3.63) is 58.6 Å². The number of hydrogen-bond acceptors (Lipinski definition) is 5. The monoisotopic (exact) mass is 368 g/mol. The highest BCUT2D eigenvalue weighted by atomic mass is 16.5. The molecule has 1 atom stereocenters. The maximum absolute atomic E-state index is 12.4. The number of benzene rings is 2. The lowest BCUT2D eigenvalue weighted by atomic mass is 10.0. The largest absolute Gasteiger partial charge is 0.497 e. The third-order valence-corrected chi connectivity index (χ3v) is 5.18. The first-order valence-corrected chi connectivity index (χ1v) is 9.22. The standard InChI is InChI=1S/C21H24N2O4/c1-25-17-10-15(11-18(12-17)26-2)13-22-9-5-6-16(14-22)23-19-7-3-4-8-20(19)27-21(23)24/h3-4,7-8,10-12,16H,5-6,9,13-14H2,1-2H3/t16-/m1/s1. The number of methoxy groups -OCH3 is 2. The number of likely N-dealkylation sites (tertiary alicyclic amines) is 1. The summed E-state index contributed by atoms with van der Waals surface area (Å²) < 4.78 is 18.0. The first-order valence-electron chi connectivity index (χ1n) is 9.22. The Labute approximate surface area is 157 Å². The third kappa shape index (κ3) is 3.57. The topological polar surface area (TPSA) is 56.8 Å². The van der Waals surface area contributed by atoms with Crippen LogP contribution >= 0.6 is 0 Å². The van der Waals surface area contributed by atoms with Crippen LogP contribution in [0.15, 0.2) is 51.7 Å². The van der Waals surface area contributed by atoms with E-state index in [2.05, 4.69) is 4.90 Å². The van der Waals surface area contributed by atoms with E-state index in [0.717, 1.165) is 55.1 Å². The minimum atomic E-state index is -0.272. The van der Waals surface area contributed by atoms with Crippen molar-refractivity contribution in [2.75, 3.05) is 27.3 Å². The highest BCUT2D eigenvalue weighted by Crippen LogP contribution is 2.28. The maximum Gasteiger partial charge on any atom is 0.420 e. The van der Waals surface area contributed by atoms with Crippen molar-refractivity contribution >= 4 is 11.1 Å². The molecule has 0 spiro atoms. The van der Waals surface area contributed by atoms with Gasteiger partial charge in [0.2, 0.25) is 0 Å². The van der Waals surface area contributed by atoms with Gasteiger partial charge in [0.15, 0.2) is 5.58 Å². The molecule has 0 aliphatic carbocycles. The predicted molar refractivity (Wildman–Crippen MR) is 104 cm³/mol. The lowest BCUT2D eigenvalue weighted by molar-refractivity contribution is 0.167. The van der Waals surface area contributed by atoms with Gasteiger partial charge in [-0.15, -0.1) is 0 Å². The van der Waals surface area contributed by atoms with Gasteiger partial charge < -0.3 is 13.9 Å². The van der Waals surface area contributed by atoms with Gasteiger partial charge in [-0.1, -0.05) is 12.1 Å². The number of nitrogens with zero attached hydrogens (tertiary/aromatic N) is 2. The fourth-order valence-electron chi connectivity index (χ4n) is 3.93. The van der Waals surface area contributed by atoms with Gasteiger partial charge in [-0.2, -0.15) is 0 Å². The molecule has 0 amide bonds. The Morgan fingerprint density at radius 3 is 2.59 bits per heavy atom. The Morgan fingerprint density at radius 1 is 1.11 bits per heavy atom. The van der Waals surface area contributed by atoms with Crippen molar-refractivity contribution in [1.29, 1.82) is 0 Å². The van der Waals surface area contributed by atoms with Gasteiger partial charge >= 0.3 is 5.76 Å². The number of oxazole rings is 1. The van der Waals surface area contributed by atoms with Gasteiger partial charge in [-0.3, -0.25) is 9.47 Å². The molecule has 3 aromatic rings. The fraction of sp³-hybridized carbons (Fsp3) is 0.381. The molecule has 0 bridgehead atoms. The van der Waals surface area contributed by atoms with Gasteiger partial charge in [-0.05, 0) is 49.2 Å². The van der Waals surface area contributed by atoms with E-state index in [1.54, 1.807) is 14.2 Å². The number of hydrogen-bond donors (Lipinski definition) is 0. The Kier molecular flexibility index (Phi) is 4.90. The van der Waals surface area contributed by atoms with Crippen LogP contribution in [0.5, 0.6) is 11.5 Å². The molecule has 6 heteroatoms. The molecule has 1 aromatic heterocycles. The van der Waals surface area contributed by atoms with Crippen molar-refractivity contribution in [3.8, 4) is 11.5 Å². The van der Waals surface area contributed by atoms with E-state index in [-0.39, 0.29) is 11.8 Å². The summed E-state index contributed by atoms with van der Waals surface area (Å²) in [7, 11) is 3.32. The third-order valence-electron chi connectivity index (χ3n) is 5.18. The Balaban J connectivity index is 1.57. The quantitative estimate of drug-likeness (QED) is 0.690. The van der Waals surface area contributed by atoms with Crippen molar-refractivity contribution in [2.24, 2.45) is 0 Å². The molecule has 1 aliphatic heterocycles. The summed E-state index contributed by atoms with van der Waals surface area (Å²) in [6, 6.07) is 13.7. The van der Waals surface area contributed by atoms with Crippen molar-refractivity contribution in [3.63, 3.8) is 0 Å². The van der Waals surface area contributed by atoms with Crippen LogP contribution in [0.25, 0.3) is 11.1 Å². The van der Waals surface area contributed by atoms with Gasteiger partial charge in [0.25, 0.3) is 0 Å². The highest BCUT2D eigenvalue weighted by molar-refractivity contribution is 5.72. The Morgan fingerprint density at radius 2 is 1.85 bits per heavy atom. The van der Waals surface area contributed by atoms with Crippen molar-refractivity contribution in [1.82, 2.24) is 9.47 Å². The van der Waals surface area contributed by atoms with E-state index in [1.165, 1.54) is 0 Å². The molecular formula is C21H24N2O4. The van der Waals surface area contributed by atoms with E-state index in [4.69, 9.17) is 13.9 Å². The molecule has 0 unspecified atom stereocenters. The Hall–Kier alpha value is -2.73. The fourth-order valence-corrected chi connectivity index (χ4v) is 3.93. The average Bonchev–Trinajstić information content (AvgIpc) is 3.03. The van der Waals surface area contributed by atoms with Crippen LogP contribution in [0.4, 0.5) is 0 Å². The summed E-state index contributed by atoms with van der Waals surface area (Å²) in [5.74, 6) is 1.30. The number of para-hydroxylation sites is 2. The molecule has 1 aliphatic rings. The zero-order valence-corrected chi connectivity index (χ0v) is 15.7. The van der Waals surface area contributed by atoms with Crippen LogP contribution in [0.1, 0.15) is 24.4 Å². The zero-order valence-electron chi connectivity index (χ0n) is 15.7.